The number of Topliss-reactive ketones (excluding diaryl/α,β-unsaturated/α-hetero) is 1. The molecule has 0 radical (unpaired) electrons. The van der Waals surface area contributed by atoms with Crippen molar-refractivity contribution in [2.24, 2.45) is 17.1 Å². The lowest BCUT2D eigenvalue weighted by Crippen LogP contribution is -2.11. The van der Waals surface area contributed by atoms with Crippen LogP contribution in [0.2, 0.25) is 0 Å². The molecular formula is C26H31NO2S. The molecule has 1 aliphatic rings. The average Bonchev–Trinajstić information content (AvgIpc) is 2.67. The van der Waals surface area contributed by atoms with Crippen molar-refractivity contribution in [3.63, 3.8) is 0 Å². The summed E-state index contributed by atoms with van der Waals surface area (Å²) in [5.74, 6) is 6.23. The Morgan fingerprint density at radius 3 is 2.63 bits per heavy atom. The van der Waals surface area contributed by atoms with Crippen molar-refractivity contribution in [2.75, 3.05) is 0 Å². The molecule has 0 saturated carbocycles. The van der Waals surface area contributed by atoms with Crippen LogP contribution in [0.15, 0.2) is 82.0 Å². The lowest BCUT2D eigenvalue weighted by molar-refractivity contribution is -0.118. The average molecular weight is 422 g/mol. The van der Waals surface area contributed by atoms with Gasteiger partial charge in [0, 0.05) is 29.2 Å². The Kier molecular flexibility index (Phi) is 10.1. The Balaban J connectivity index is 3.51. The van der Waals surface area contributed by atoms with Crippen molar-refractivity contribution in [2.45, 2.75) is 41.0 Å². The first kappa shape index (κ1) is 25.3. The summed E-state index contributed by atoms with van der Waals surface area (Å²) in [5.41, 5.74) is 8.77. The monoisotopic (exact) mass is 421 g/mol. The highest BCUT2D eigenvalue weighted by molar-refractivity contribution is 7.83. The highest BCUT2D eigenvalue weighted by Crippen LogP contribution is 2.24. The fraction of sp³-hybridized carbons (Fsp3) is 0.308. The molecule has 0 aromatic heterocycles. The van der Waals surface area contributed by atoms with E-state index in [2.05, 4.69) is 24.5 Å². The summed E-state index contributed by atoms with van der Waals surface area (Å²) in [6.45, 7) is 9.54. The summed E-state index contributed by atoms with van der Waals surface area (Å²) in [6, 6.07) is 0. The van der Waals surface area contributed by atoms with Crippen LogP contribution in [0.5, 0.6) is 0 Å². The largest absolute Gasteiger partial charge is 0.401 e. The van der Waals surface area contributed by atoms with E-state index in [9.17, 15) is 9.59 Å². The van der Waals surface area contributed by atoms with Crippen molar-refractivity contribution in [1.82, 2.24) is 0 Å². The molecule has 0 fully saturated rings. The first-order valence-corrected chi connectivity index (χ1v) is 10.4. The molecule has 0 aromatic rings. The molecule has 3 nitrogen and oxygen atoms in total. The van der Waals surface area contributed by atoms with Gasteiger partial charge in [0.1, 0.15) is 0 Å². The third-order valence-electron chi connectivity index (χ3n) is 4.54. The molecule has 1 atom stereocenters. The summed E-state index contributed by atoms with van der Waals surface area (Å²) in [6.07, 6.45) is 16.1. The first-order chi connectivity index (χ1) is 14.1. The minimum Gasteiger partial charge on any atom is -0.401 e. The number of nitrogens with two attached hydrogens (primary N) is 1. The van der Waals surface area contributed by atoms with E-state index in [0.29, 0.717) is 23.3 Å². The SMILES string of the molecule is CC1=CC(C)(/C=C/C(=C\C=C/S)C(=O)C(C)C)C#C/C=C(C)/C(C=O)=C(/N)CC=C1. The van der Waals surface area contributed by atoms with E-state index < -0.39 is 5.41 Å². The van der Waals surface area contributed by atoms with Crippen molar-refractivity contribution in [3.05, 3.63) is 82.0 Å². The summed E-state index contributed by atoms with van der Waals surface area (Å²) in [5, 5.41) is 1.59. The normalized spacial score (nSPS) is 25.2. The minimum absolute atomic E-state index is 0.0509. The van der Waals surface area contributed by atoms with Gasteiger partial charge in [-0.1, -0.05) is 73.8 Å². The number of carbonyl (C=O) groups excluding carboxylic acids is 2. The maximum Gasteiger partial charge on any atom is 0.165 e. The summed E-state index contributed by atoms with van der Waals surface area (Å²) in [4.78, 5) is 24.0. The van der Waals surface area contributed by atoms with E-state index in [1.54, 1.807) is 23.6 Å². The summed E-state index contributed by atoms with van der Waals surface area (Å²) in [7, 11) is 0. The number of carbonyl (C=O) groups is 2. The second kappa shape index (κ2) is 12.0. The van der Waals surface area contributed by atoms with Crippen LogP contribution < -0.4 is 5.73 Å². The molecule has 0 heterocycles. The fourth-order valence-electron chi connectivity index (χ4n) is 2.89. The molecule has 0 spiro atoms. The van der Waals surface area contributed by atoms with Crippen LogP contribution in [0.1, 0.15) is 41.0 Å². The second-order valence-corrected chi connectivity index (χ2v) is 8.04. The first-order valence-electron chi connectivity index (χ1n) is 9.87. The third kappa shape index (κ3) is 7.93. The van der Waals surface area contributed by atoms with Crippen LogP contribution in [0, 0.1) is 23.2 Å². The molecule has 1 aliphatic carbocycles. The molecule has 30 heavy (non-hydrogen) atoms. The molecule has 4 heteroatoms. The number of rotatable bonds is 6. The Hall–Kier alpha value is -2.77. The molecule has 0 aromatic carbocycles. The van der Waals surface area contributed by atoms with Crippen molar-refractivity contribution in [3.8, 4) is 11.8 Å². The predicted octanol–water partition coefficient (Wildman–Crippen LogP) is 5.41. The van der Waals surface area contributed by atoms with Crippen LogP contribution in [0.25, 0.3) is 0 Å². The quantitative estimate of drug-likeness (QED) is 0.198. The topological polar surface area (TPSA) is 60.2 Å². The van der Waals surface area contributed by atoms with Gasteiger partial charge in [-0.25, -0.2) is 0 Å². The molecule has 2 N–H and O–H groups in total. The lowest BCUT2D eigenvalue weighted by atomic mass is 9.86. The summed E-state index contributed by atoms with van der Waals surface area (Å²) < 4.78 is 0. The van der Waals surface area contributed by atoms with Gasteiger partial charge >= 0.3 is 0 Å². The molecular weight excluding hydrogens is 390 g/mol. The maximum atomic E-state index is 12.5. The number of aldehydes is 1. The predicted molar refractivity (Wildman–Crippen MR) is 130 cm³/mol. The zero-order valence-electron chi connectivity index (χ0n) is 18.4. The van der Waals surface area contributed by atoms with Gasteiger partial charge in [0.15, 0.2) is 12.1 Å². The van der Waals surface area contributed by atoms with Crippen LogP contribution in [-0.4, -0.2) is 12.1 Å². The fourth-order valence-corrected chi connectivity index (χ4v) is 2.98. The highest BCUT2D eigenvalue weighted by atomic mass is 32.1. The van der Waals surface area contributed by atoms with E-state index in [0.717, 1.165) is 17.4 Å². The Bertz CT molecular complexity index is 943. The summed E-state index contributed by atoms with van der Waals surface area (Å²) >= 11 is 4.07. The minimum atomic E-state index is -0.609. The number of hydrogen-bond donors (Lipinski definition) is 2. The smallest absolute Gasteiger partial charge is 0.165 e. The van der Waals surface area contributed by atoms with E-state index in [-0.39, 0.29) is 11.7 Å². The third-order valence-corrected chi connectivity index (χ3v) is 4.72. The lowest BCUT2D eigenvalue weighted by Gasteiger charge is -2.16. The van der Waals surface area contributed by atoms with Gasteiger partial charge in [0.05, 0.1) is 5.41 Å². The van der Waals surface area contributed by atoms with Gasteiger partial charge in [0.25, 0.3) is 0 Å². The highest BCUT2D eigenvalue weighted by Gasteiger charge is 2.17. The van der Waals surface area contributed by atoms with Crippen LogP contribution in [0.3, 0.4) is 0 Å². The standard InChI is InChI=1S/C26H31NO2S/c1-19(2)25(29)22(11-8-16-30)13-15-26(5)14-7-10-21(4)23(18-28)24(27)12-6-9-20(3)17-26/h6,8-11,13,15-19,30H,12,27H2,1-5H3/b9-6?,15-13+,16-8-,20-17?,21-10+,22-11+,24-23+. The molecule has 0 amide bonds. The second-order valence-electron chi connectivity index (χ2n) is 7.75. The van der Waals surface area contributed by atoms with Crippen LogP contribution in [-0.2, 0) is 9.59 Å². The van der Waals surface area contributed by atoms with Crippen molar-refractivity contribution in [1.29, 1.82) is 0 Å². The zero-order chi connectivity index (χ0) is 22.7. The van der Waals surface area contributed by atoms with Crippen LogP contribution >= 0.6 is 12.6 Å². The van der Waals surface area contributed by atoms with Gasteiger partial charge in [-0.2, -0.15) is 12.6 Å². The molecule has 1 rings (SSSR count). The van der Waals surface area contributed by atoms with E-state index in [1.807, 2.05) is 65.0 Å². The van der Waals surface area contributed by atoms with Gasteiger partial charge in [-0.15, -0.1) is 0 Å². The molecule has 1 unspecified atom stereocenters. The Morgan fingerprint density at radius 2 is 2.03 bits per heavy atom. The Labute approximate surface area is 186 Å². The van der Waals surface area contributed by atoms with E-state index in [1.165, 1.54) is 0 Å². The number of hydrogen-bond acceptors (Lipinski definition) is 4. The number of thiol groups is 1. The van der Waals surface area contributed by atoms with E-state index >= 15 is 0 Å². The number of allylic oxidation sites excluding steroid dienone is 12. The van der Waals surface area contributed by atoms with Crippen molar-refractivity contribution >= 4 is 24.7 Å². The van der Waals surface area contributed by atoms with E-state index in [4.69, 9.17) is 5.73 Å². The van der Waals surface area contributed by atoms with Gasteiger partial charge in [0.2, 0.25) is 0 Å². The maximum absolute atomic E-state index is 12.5. The van der Waals surface area contributed by atoms with Gasteiger partial charge < -0.3 is 5.73 Å². The number of ketones is 1. The zero-order valence-corrected chi connectivity index (χ0v) is 19.3. The Morgan fingerprint density at radius 1 is 1.33 bits per heavy atom. The van der Waals surface area contributed by atoms with Crippen LogP contribution in [0.4, 0.5) is 0 Å². The molecule has 158 valence electrons. The molecule has 0 saturated heterocycles. The van der Waals surface area contributed by atoms with Gasteiger partial charge in [-0.3, -0.25) is 9.59 Å². The molecule has 0 bridgehead atoms. The van der Waals surface area contributed by atoms with Crippen molar-refractivity contribution < 1.29 is 9.59 Å². The van der Waals surface area contributed by atoms with Gasteiger partial charge in [-0.05, 0) is 37.8 Å². The molecule has 0 aliphatic heterocycles.